The molecule has 0 bridgehead atoms. The Labute approximate surface area is 180 Å². The molecule has 31 heavy (non-hydrogen) atoms. The average molecular weight is 443 g/mol. The van der Waals surface area contributed by atoms with Crippen LogP contribution in [0.1, 0.15) is 45.8 Å². The number of imidazole rings is 1. The van der Waals surface area contributed by atoms with Crippen LogP contribution in [-0.4, -0.2) is 20.4 Å². The second kappa shape index (κ2) is 8.44. The highest BCUT2D eigenvalue weighted by atomic mass is 32.1. The molecule has 0 aliphatic heterocycles. The fourth-order valence-electron chi connectivity index (χ4n) is 3.41. The zero-order chi connectivity index (χ0) is 22.1. The second-order valence-corrected chi connectivity index (χ2v) is 7.97. The number of alkyl halides is 2. The molecule has 3 aromatic heterocycles. The van der Waals surface area contributed by atoms with E-state index in [0.29, 0.717) is 10.4 Å². The lowest BCUT2D eigenvalue weighted by Gasteiger charge is -2.19. The van der Waals surface area contributed by atoms with Crippen molar-refractivity contribution in [3.63, 3.8) is 0 Å². The molecule has 4 aromatic rings. The van der Waals surface area contributed by atoms with Crippen molar-refractivity contribution in [2.75, 3.05) is 0 Å². The highest BCUT2D eigenvalue weighted by Crippen LogP contribution is 2.39. The van der Waals surface area contributed by atoms with Gasteiger partial charge in [-0.25, -0.2) is 13.8 Å². The molecule has 1 amide bonds. The van der Waals surface area contributed by atoms with E-state index in [1.54, 1.807) is 25.3 Å². The zero-order valence-electron chi connectivity index (χ0n) is 16.5. The van der Waals surface area contributed by atoms with Gasteiger partial charge >= 0.3 is 0 Å². The molecule has 0 aliphatic carbocycles. The first-order valence-corrected chi connectivity index (χ1v) is 10.2. The predicted molar refractivity (Wildman–Crippen MR) is 113 cm³/mol. The number of nitrogens with zero attached hydrogens (tertiary/aromatic N) is 2. The first kappa shape index (κ1) is 21.0. The molecular weight excluding hydrogens is 424 g/mol. The Balaban J connectivity index is 1.71. The molecule has 4 rings (SSSR count). The zero-order valence-corrected chi connectivity index (χ0v) is 17.3. The average Bonchev–Trinajstić information content (AvgIpc) is 3.37. The van der Waals surface area contributed by atoms with Crippen molar-refractivity contribution >= 4 is 22.9 Å². The molecule has 6 nitrogen and oxygen atoms in total. The van der Waals surface area contributed by atoms with Crippen LogP contribution < -0.4 is 10.5 Å². The van der Waals surface area contributed by atoms with Gasteiger partial charge in [0.25, 0.3) is 12.3 Å². The van der Waals surface area contributed by atoms with Crippen LogP contribution in [0.2, 0.25) is 0 Å². The van der Waals surface area contributed by atoms with E-state index in [0.717, 1.165) is 22.7 Å². The van der Waals surface area contributed by atoms with E-state index in [4.69, 9.17) is 10.5 Å². The first-order valence-electron chi connectivity index (χ1n) is 9.43. The Hall–Kier alpha value is -3.30. The number of amides is 1. The number of fused-ring (bicyclic) bond motifs is 1. The number of halogens is 2. The van der Waals surface area contributed by atoms with Crippen molar-refractivity contribution in [3.8, 4) is 16.3 Å². The Kier molecular flexibility index (Phi) is 5.71. The number of aliphatic hydroxyl groups excluding tert-OH is 1. The van der Waals surface area contributed by atoms with E-state index in [9.17, 15) is 18.7 Å². The number of pyridine rings is 1. The third-order valence-electron chi connectivity index (χ3n) is 4.90. The summed E-state index contributed by atoms with van der Waals surface area (Å²) in [4.78, 5) is 17.3. The van der Waals surface area contributed by atoms with Crippen LogP contribution >= 0.6 is 11.3 Å². The topological polar surface area (TPSA) is 89.9 Å². The summed E-state index contributed by atoms with van der Waals surface area (Å²) in [5, 5.41) is 9.24. The Bertz CT molecular complexity index is 1250. The van der Waals surface area contributed by atoms with Crippen molar-refractivity contribution in [3.05, 3.63) is 76.4 Å². The Morgan fingerprint density at radius 1 is 1.26 bits per heavy atom. The molecule has 1 aromatic carbocycles. The molecule has 3 N–H and O–H groups in total. The lowest BCUT2D eigenvalue weighted by molar-refractivity contribution is 0.0997. The quantitative estimate of drug-likeness (QED) is 0.432. The second-order valence-electron chi connectivity index (χ2n) is 6.92. The number of aromatic nitrogens is 2. The maximum absolute atomic E-state index is 13.6. The number of aliphatic hydroxyl groups is 1. The minimum atomic E-state index is -2.74. The molecule has 0 fully saturated rings. The molecule has 1 atom stereocenters. The van der Waals surface area contributed by atoms with Crippen molar-refractivity contribution in [1.82, 2.24) is 9.38 Å². The van der Waals surface area contributed by atoms with Gasteiger partial charge in [0.2, 0.25) is 0 Å². The molecule has 0 aliphatic rings. The molecular formula is C22H19F2N3O3S. The van der Waals surface area contributed by atoms with Gasteiger partial charge in [-0.3, -0.25) is 9.20 Å². The number of benzene rings is 1. The summed E-state index contributed by atoms with van der Waals surface area (Å²) in [5.74, 6) is -0.450. The van der Waals surface area contributed by atoms with Gasteiger partial charge in [-0.1, -0.05) is 18.2 Å². The van der Waals surface area contributed by atoms with Gasteiger partial charge in [0, 0.05) is 23.4 Å². The van der Waals surface area contributed by atoms with Gasteiger partial charge in [0.15, 0.2) is 0 Å². The monoisotopic (exact) mass is 443 g/mol. The van der Waals surface area contributed by atoms with Crippen LogP contribution in [0.4, 0.5) is 8.78 Å². The van der Waals surface area contributed by atoms with Crippen molar-refractivity contribution in [1.29, 1.82) is 0 Å². The maximum Gasteiger partial charge on any atom is 0.264 e. The van der Waals surface area contributed by atoms with E-state index in [2.05, 4.69) is 4.98 Å². The number of hydrogen-bond acceptors (Lipinski definition) is 5. The SMILES string of the molecule is C[C@@H](Oc1cc(-c2cnc3ccccn23)sc1C(N)=O)c1ccc(CO)cc1C(F)F. The Morgan fingerprint density at radius 3 is 2.77 bits per heavy atom. The molecule has 0 saturated heterocycles. The summed E-state index contributed by atoms with van der Waals surface area (Å²) in [5.41, 5.74) is 7.47. The third-order valence-corrected chi connectivity index (χ3v) is 6.06. The van der Waals surface area contributed by atoms with Crippen LogP contribution in [0.5, 0.6) is 5.75 Å². The number of ether oxygens (including phenoxy) is 1. The van der Waals surface area contributed by atoms with Crippen LogP contribution in [-0.2, 0) is 6.61 Å². The molecule has 0 spiro atoms. The molecule has 9 heteroatoms. The number of carbonyl (C=O) groups is 1. The number of rotatable bonds is 7. The third kappa shape index (κ3) is 4.01. The number of thiophene rings is 1. The molecule has 0 radical (unpaired) electrons. The highest BCUT2D eigenvalue weighted by Gasteiger charge is 2.23. The normalized spacial score (nSPS) is 12.4. The van der Waals surface area contributed by atoms with Crippen molar-refractivity contribution in [2.24, 2.45) is 5.73 Å². The number of primary amides is 1. The lowest BCUT2D eigenvalue weighted by Crippen LogP contribution is -2.13. The highest BCUT2D eigenvalue weighted by molar-refractivity contribution is 7.17. The number of nitrogens with two attached hydrogens (primary N) is 1. The van der Waals surface area contributed by atoms with E-state index >= 15 is 0 Å². The minimum absolute atomic E-state index is 0.193. The number of hydrogen-bond donors (Lipinski definition) is 2. The van der Waals surface area contributed by atoms with Gasteiger partial charge in [0.1, 0.15) is 22.4 Å². The molecule has 160 valence electrons. The number of carbonyl (C=O) groups excluding carboxylic acids is 1. The summed E-state index contributed by atoms with van der Waals surface area (Å²) < 4.78 is 34.9. The summed E-state index contributed by atoms with van der Waals surface area (Å²) in [6, 6.07) is 11.6. The van der Waals surface area contributed by atoms with Gasteiger partial charge in [-0.15, -0.1) is 11.3 Å². The lowest BCUT2D eigenvalue weighted by atomic mass is 10.0. The summed E-state index contributed by atoms with van der Waals surface area (Å²) >= 11 is 1.15. The van der Waals surface area contributed by atoms with E-state index in [1.165, 1.54) is 12.1 Å². The summed E-state index contributed by atoms with van der Waals surface area (Å²) in [6.45, 7) is 1.28. The molecule has 0 saturated carbocycles. The Morgan fingerprint density at radius 2 is 2.06 bits per heavy atom. The smallest absolute Gasteiger partial charge is 0.264 e. The fourth-order valence-corrected chi connectivity index (χ4v) is 4.36. The van der Waals surface area contributed by atoms with Crippen LogP contribution in [0, 0.1) is 0 Å². The summed E-state index contributed by atoms with van der Waals surface area (Å²) in [7, 11) is 0. The standard InChI is InChI=1S/C22H19F2N3O3S/c1-12(14-6-5-13(11-28)8-15(14)21(23)24)30-17-9-18(31-20(17)22(25)29)16-10-26-19-4-2-3-7-27(16)19/h2-10,12,21,28H,11H2,1H3,(H2,25,29)/t12-/m1/s1. The first-order chi connectivity index (χ1) is 14.9. The van der Waals surface area contributed by atoms with Crippen LogP contribution in [0.25, 0.3) is 16.2 Å². The van der Waals surface area contributed by atoms with Crippen LogP contribution in [0.15, 0.2) is 54.9 Å². The van der Waals surface area contributed by atoms with Crippen molar-refractivity contribution in [2.45, 2.75) is 26.1 Å². The van der Waals surface area contributed by atoms with Crippen molar-refractivity contribution < 1.29 is 23.4 Å². The largest absolute Gasteiger partial charge is 0.484 e. The van der Waals surface area contributed by atoms with Gasteiger partial charge in [-0.05, 0) is 30.7 Å². The predicted octanol–water partition coefficient (Wildman–Crippen LogP) is 4.73. The minimum Gasteiger partial charge on any atom is -0.484 e. The van der Waals surface area contributed by atoms with E-state index in [-0.39, 0.29) is 28.4 Å². The van der Waals surface area contributed by atoms with E-state index in [1.807, 2.05) is 28.8 Å². The van der Waals surface area contributed by atoms with Gasteiger partial charge in [-0.2, -0.15) is 0 Å². The van der Waals surface area contributed by atoms with Gasteiger partial charge < -0.3 is 15.6 Å². The molecule has 0 unspecified atom stereocenters. The maximum atomic E-state index is 13.6. The fraction of sp³-hybridized carbons (Fsp3) is 0.182. The summed E-state index contributed by atoms with van der Waals surface area (Å²) in [6.07, 6.45) is 0.0166. The van der Waals surface area contributed by atoms with Gasteiger partial charge in [0.05, 0.1) is 23.4 Å². The molecule has 3 heterocycles. The van der Waals surface area contributed by atoms with E-state index < -0.39 is 18.4 Å². The van der Waals surface area contributed by atoms with Crippen LogP contribution in [0.3, 0.4) is 0 Å².